The van der Waals surface area contributed by atoms with Gasteiger partial charge in [-0.2, -0.15) is 0 Å². The first kappa shape index (κ1) is 56.9. The Labute approximate surface area is 453 Å². The van der Waals surface area contributed by atoms with Gasteiger partial charge >= 0.3 is 0 Å². The number of anilines is 2. The predicted octanol–water partition coefficient (Wildman–Crippen LogP) is 13.1. The van der Waals surface area contributed by atoms with Crippen molar-refractivity contribution in [2.75, 3.05) is 66.3 Å². The fraction of sp³-hybridized carbons (Fsp3) is 0.429. The normalized spacial score (nSPS) is 11.3. The number of imidazole rings is 2. The lowest BCUT2D eigenvalue weighted by Gasteiger charge is -2.14. The van der Waals surface area contributed by atoms with Crippen molar-refractivity contribution < 1.29 is 18.9 Å². The van der Waals surface area contributed by atoms with Gasteiger partial charge < -0.3 is 49.3 Å². The van der Waals surface area contributed by atoms with Crippen LogP contribution in [0, 0.1) is 0 Å². The highest BCUT2D eigenvalue weighted by atomic mass is 79.9. The third kappa shape index (κ3) is 14.1. The zero-order chi connectivity index (χ0) is 51.1. The van der Waals surface area contributed by atoms with Crippen LogP contribution in [0.1, 0.15) is 88.0 Å². The van der Waals surface area contributed by atoms with Crippen LogP contribution in [0.25, 0.3) is 43.9 Å². The Hall–Kier alpha value is -5.39. The second-order valence-electron chi connectivity index (χ2n) is 18.3. The standard InChI is InChI=1S/C29H38BrN5O2.C27H34BrN5O2.ClH/c1-6-7-10-26-33-27-28(35(26)16-9-8-15-34(2)3)23-17-21(30)12-14-24(23)32-29(27)31-19-20-11-13-22(36-4)18-25(20)37-5;1-4-5-8-24-32-25-26(33(24)14-7-6-13-29)21-15-19(28)10-12-22(21)31-27(25)30-17-18-9-11-20(34-2)16-23(18)35-3;/h11-14,17-18H,6-10,15-16,19H2,1-5H3,(H,31,32);9-12,15-16H,4-8,13-14,17,29H2,1-3H3,(H,30,31);1H. The zero-order valence-corrected chi connectivity index (χ0v) is 47.7. The second kappa shape index (κ2) is 27.8. The molecular formula is C56H73Br2ClN10O4. The molecule has 4 aromatic carbocycles. The molecule has 0 saturated carbocycles. The summed E-state index contributed by atoms with van der Waals surface area (Å²) in [6.07, 6.45) is 10.6. The second-order valence-corrected chi connectivity index (χ2v) is 20.1. The van der Waals surface area contributed by atoms with E-state index in [0.717, 1.165) is 194 Å². The summed E-state index contributed by atoms with van der Waals surface area (Å²) in [6, 6.07) is 24.3. The molecule has 17 heteroatoms. The Morgan fingerprint density at radius 1 is 0.562 bits per heavy atom. The fourth-order valence-electron chi connectivity index (χ4n) is 9.06. The number of halogens is 3. The van der Waals surface area contributed by atoms with Crippen LogP contribution in [0.3, 0.4) is 0 Å². The van der Waals surface area contributed by atoms with Gasteiger partial charge in [-0.05, 0) is 126 Å². The lowest BCUT2D eigenvalue weighted by molar-refractivity contribution is 0.387. The number of unbranched alkanes of at least 4 members (excludes halogenated alkanes) is 4. The van der Waals surface area contributed by atoms with Crippen molar-refractivity contribution in [1.29, 1.82) is 0 Å². The van der Waals surface area contributed by atoms with Crippen molar-refractivity contribution >= 4 is 99.8 Å². The number of pyridine rings is 2. The maximum absolute atomic E-state index is 5.80. The van der Waals surface area contributed by atoms with Gasteiger partial charge in [-0.3, -0.25) is 0 Å². The molecule has 14 nitrogen and oxygen atoms in total. The first-order valence-electron chi connectivity index (χ1n) is 25.2. The minimum Gasteiger partial charge on any atom is -0.497 e. The summed E-state index contributed by atoms with van der Waals surface area (Å²) in [5.74, 6) is 6.91. The van der Waals surface area contributed by atoms with E-state index in [-0.39, 0.29) is 12.4 Å². The summed E-state index contributed by atoms with van der Waals surface area (Å²) in [7, 11) is 10.9. The van der Waals surface area contributed by atoms with Crippen LogP contribution in [-0.4, -0.2) is 89.6 Å². The molecule has 0 aliphatic carbocycles. The van der Waals surface area contributed by atoms with E-state index in [0.29, 0.717) is 19.6 Å². The summed E-state index contributed by atoms with van der Waals surface area (Å²) in [4.78, 5) is 22.6. The largest absolute Gasteiger partial charge is 0.497 e. The third-order valence-electron chi connectivity index (χ3n) is 12.9. The predicted molar refractivity (Wildman–Crippen MR) is 310 cm³/mol. The Morgan fingerprint density at radius 3 is 1.41 bits per heavy atom. The maximum Gasteiger partial charge on any atom is 0.155 e. The summed E-state index contributed by atoms with van der Waals surface area (Å²) >= 11 is 7.33. The van der Waals surface area contributed by atoms with E-state index in [4.69, 9.17) is 44.6 Å². The highest BCUT2D eigenvalue weighted by Crippen LogP contribution is 2.36. The number of aryl methyl sites for hydroxylation is 4. The number of aromatic nitrogens is 6. The van der Waals surface area contributed by atoms with Gasteiger partial charge in [-0.1, -0.05) is 58.5 Å². The number of hydrogen-bond donors (Lipinski definition) is 3. The van der Waals surface area contributed by atoms with Crippen LogP contribution in [-0.2, 0) is 39.0 Å². The van der Waals surface area contributed by atoms with Crippen molar-refractivity contribution in [2.45, 2.75) is 104 Å². The molecule has 0 aliphatic heterocycles. The number of benzene rings is 4. The van der Waals surface area contributed by atoms with E-state index in [1.807, 2.05) is 48.5 Å². The summed E-state index contributed by atoms with van der Waals surface area (Å²) < 4.78 is 28.8. The zero-order valence-electron chi connectivity index (χ0n) is 43.7. The average Bonchev–Trinajstić information content (AvgIpc) is 3.96. The van der Waals surface area contributed by atoms with Crippen LogP contribution in [0.5, 0.6) is 23.0 Å². The minimum absolute atomic E-state index is 0. The molecule has 0 atom stereocenters. The molecule has 8 aromatic rings. The number of rotatable bonds is 25. The molecule has 0 aliphatic rings. The topological polar surface area (TPSA) is 152 Å². The monoisotopic (exact) mass is 1140 g/mol. The molecule has 0 radical (unpaired) electrons. The van der Waals surface area contributed by atoms with E-state index in [9.17, 15) is 0 Å². The molecule has 392 valence electrons. The molecule has 8 rings (SSSR count). The molecule has 0 bridgehead atoms. The molecule has 4 N–H and O–H groups in total. The van der Waals surface area contributed by atoms with Gasteiger partial charge in [0.25, 0.3) is 0 Å². The number of nitrogens with one attached hydrogen (secondary N) is 2. The minimum atomic E-state index is 0. The van der Waals surface area contributed by atoms with E-state index >= 15 is 0 Å². The first-order chi connectivity index (χ1) is 35.0. The fourth-order valence-corrected chi connectivity index (χ4v) is 9.78. The maximum atomic E-state index is 5.80. The number of methoxy groups -OCH3 is 4. The van der Waals surface area contributed by atoms with Crippen LogP contribution in [0.4, 0.5) is 11.6 Å². The molecule has 73 heavy (non-hydrogen) atoms. The average molecular weight is 1150 g/mol. The lowest BCUT2D eigenvalue weighted by Crippen LogP contribution is -2.14. The Morgan fingerprint density at radius 2 is 1.01 bits per heavy atom. The molecule has 0 amide bonds. The van der Waals surface area contributed by atoms with Gasteiger partial charge in [0.05, 0.1) is 50.5 Å². The summed E-state index contributed by atoms with van der Waals surface area (Å²) in [5, 5.41) is 9.35. The van der Waals surface area contributed by atoms with Gasteiger partial charge in [-0.25, -0.2) is 19.9 Å². The smallest absolute Gasteiger partial charge is 0.155 e. The Balaban J connectivity index is 0.000000235. The van der Waals surface area contributed by atoms with Gasteiger partial charge in [0, 0.05) is 82.0 Å². The molecule has 4 aromatic heterocycles. The van der Waals surface area contributed by atoms with Gasteiger partial charge in [0.1, 0.15) is 45.7 Å². The highest BCUT2D eigenvalue weighted by Gasteiger charge is 2.21. The van der Waals surface area contributed by atoms with Crippen LogP contribution >= 0.6 is 44.3 Å². The number of nitrogens with zero attached hydrogens (tertiary/aromatic N) is 7. The third-order valence-corrected chi connectivity index (χ3v) is 13.9. The Bertz CT molecular complexity index is 3070. The number of fused-ring (bicyclic) bond motifs is 6. The summed E-state index contributed by atoms with van der Waals surface area (Å²) in [6.45, 7) is 9.18. The van der Waals surface area contributed by atoms with Crippen molar-refractivity contribution in [2.24, 2.45) is 5.73 Å². The molecule has 4 heterocycles. The van der Waals surface area contributed by atoms with Crippen LogP contribution < -0.4 is 35.3 Å². The van der Waals surface area contributed by atoms with Crippen molar-refractivity contribution in [3.8, 4) is 23.0 Å². The van der Waals surface area contributed by atoms with Crippen LogP contribution in [0.15, 0.2) is 81.7 Å². The Kier molecular flexibility index (Phi) is 21.6. The van der Waals surface area contributed by atoms with E-state index in [1.54, 1.807) is 28.4 Å². The number of hydrogen-bond acceptors (Lipinski definition) is 12. The van der Waals surface area contributed by atoms with E-state index < -0.39 is 0 Å². The van der Waals surface area contributed by atoms with Crippen molar-refractivity contribution in [3.63, 3.8) is 0 Å². The first-order valence-corrected chi connectivity index (χ1v) is 26.8. The van der Waals surface area contributed by atoms with E-state index in [2.05, 4.69) is 109 Å². The number of nitrogens with two attached hydrogens (primary N) is 1. The molecule has 0 saturated heterocycles. The van der Waals surface area contributed by atoms with Crippen molar-refractivity contribution in [3.05, 3.63) is 105 Å². The summed E-state index contributed by atoms with van der Waals surface area (Å²) in [5.41, 5.74) is 13.9. The molecular weight excluding hydrogens is 1070 g/mol. The quantitative estimate of drug-likeness (QED) is 0.0467. The molecule has 0 unspecified atom stereocenters. The number of ether oxygens (including phenoxy) is 4. The molecule has 0 fully saturated rings. The van der Waals surface area contributed by atoms with Gasteiger partial charge in [0.2, 0.25) is 0 Å². The van der Waals surface area contributed by atoms with Gasteiger partial charge in [-0.15, -0.1) is 12.4 Å². The SMILES string of the molecule is CCCCc1nc2c(NCc3ccc(OC)cc3OC)nc3ccc(Br)cc3c2n1CCCCN.CCCCc1nc2c(NCc3ccc(OC)cc3OC)nc3ccc(Br)cc3c2n1CCCCN(C)C.Cl. The van der Waals surface area contributed by atoms with Gasteiger partial charge in [0.15, 0.2) is 11.6 Å². The van der Waals surface area contributed by atoms with Crippen molar-refractivity contribution in [1.82, 2.24) is 34.0 Å². The highest BCUT2D eigenvalue weighted by molar-refractivity contribution is 9.10. The molecule has 0 spiro atoms. The van der Waals surface area contributed by atoms with Crippen LogP contribution in [0.2, 0.25) is 0 Å². The lowest BCUT2D eigenvalue weighted by atomic mass is 10.1. The van der Waals surface area contributed by atoms with E-state index in [1.165, 1.54) is 0 Å².